The standard InChI is InChI=1S/C13H17BrClNO/c1-17-13-5-3-2-4-12(13)16-11-7-6-9(14)8-10(11)15/h6-8,12-13,16H,2-5H2,1H3. The summed E-state index contributed by atoms with van der Waals surface area (Å²) in [4.78, 5) is 0. The monoisotopic (exact) mass is 317 g/mol. The van der Waals surface area contributed by atoms with E-state index in [0.717, 1.165) is 28.0 Å². The lowest BCUT2D eigenvalue weighted by Gasteiger charge is -2.32. The Bertz CT molecular complexity index is 386. The van der Waals surface area contributed by atoms with E-state index in [-0.39, 0.29) is 0 Å². The zero-order chi connectivity index (χ0) is 12.3. The van der Waals surface area contributed by atoms with Gasteiger partial charge in [-0.1, -0.05) is 40.4 Å². The maximum atomic E-state index is 6.21. The van der Waals surface area contributed by atoms with Crippen LogP contribution in [0.15, 0.2) is 22.7 Å². The van der Waals surface area contributed by atoms with Gasteiger partial charge in [-0.25, -0.2) is 0 Å². The minimum Gasteiger partial charge on any atom is -0.379 e. The molecular formula is C13H17BrClNO. The molecule has 94 valence electrons. The Labute approximate surface area is 116 Å². The van der Waals surface area contributed by atoms with Crippen LogP contribution in [0.4, 0.5) is 5.69 Å². The lowest BCUT2D eigenvalue weighted by atomic mass is 9.92. The first-order chi connectivity index (χ1) is 8.20. The van der Waals surface area contributed by atoms with Crippen molar-refractivity contribution in [1.82, 2.24) is 0 Å². The van der Waals surface area contributed by atoms with E-state index in [9.17, 15) is 0 Å². The van der Waals surface area contributed by atoms with E-state index >= 15 is 0 Å². The summed E-state index contributed by atoms with van der Waals surface area (Å²) in [6.07, 6.45) is 5.08. The highest BCUT2D eigenvalue weighted by Crippen LogP contribution is 2.29. The third-order valence-electron chi connectivity index (χ3n) is 3.28. The molecule has 4 heteroatoms. The number of anilines is 1. The molecule has 2 rings (SSSR count). The van der Waals surface area contributed by atoms with Crippen LogP contribution in [0, 0.1) is 0 Å². The molecule has 1 aliphatic rings. The number of halogens is 2. The molecule has 1 N–H and O–H groups in total. The van der Waals surface area contributed by atoms with Gasteiger partial charge in [0.2, 0.25) is 0 Å². The fourth-order valence-corrected chi connectivity index (χ4v) is 3.08. The van der Waals surface area contributed by atoms with Gasteiger partial charge in [0.25, 0.3) is 0 Å². The summed E-state index contributed by atoms with van der Waals surface area (Å²) in [5.41, 5.74) is 0.990. The molecule has 0 aromatic heterocycles. The molecule has 1 aromatic rings. The van der Waals surface area contributed by atoms with E-state index in [1.54, 1.807) is 7.11 Å². The highest BCUT2D eigenvalue weighted by atomic mass is 79.9. The van der Waals surface area contributed by atoms with Crippen LogP contribution in [-0.2, 0) is 4.74 Å². The molecule has 1 saturated carbocycles. The molecule has 1 fully saturated rings. The molecule has 17 heavy (non-hydrogen) atoms. The Balaban J connectivity index is 2.08. The average molecular weight is 319 g/mol. The Hall–Kier alpha value is -0.250. The number of hydrogen-bond donors (Lipinski definition) is 1. The smallest absolute Gasteiger partial charge is 0.0772 e. The summed E-state index contributed by atoms with van der Waals surface area (Å²) in [5, 5.41) is 4.25. The number of nitrogens with one attached hydrogen (secondary N) is 1. The molecule has 0 bridgehead atoms. The van der Waals surface area contributed by atoms with Gasteiger partial charge < -0.3 is 10.1 Å². The van der Waals surface area contributed by atoms with Crippen molar-refractivity contribution in [3.63, 3.8) is 0 Å². The quantitative estimate of drug-likeness (QED) is 0.887. The Morgan fingerprint density at radius 3 is 2.82 bits per heavy atom. The van der Waals surface area contributed by atoms with Crippen LogP contribution < -0.4 is 5.32 Å². The van der Waals surface area contributed by atoms with Crippen LogP contribution in [0.5, 0.6) is 0 Å². The molecule has 1 aromatic carbocycles. The van der Waals surface area contributed by atoms with Crippen molar-refractivity contribution in [2.75, 3.05) is 12.4 Å². The van der Waals surface area contributed by atoms with Crippen LogP contribution in [-0.4, -0.2) is 19.3 Å². The number of ether oxygens (including phenoxy) is 1. The van der Waals surface area contributed by atoms with E-state index in [1.807, 2.05) is 18.2 Å². The molecule has 0 aliphatic heterocycles. The van der Waals surface area contributed by atoms with Crippen molar-refractivity contribution in [3.8, 4) is 0 Å². The molecule has 0 spiro atoms. The molecule has 2 unspecified atom stereocenters. The SMILES string of the molecule is COC1CCCCC1Nc1ccc(Br)cc1Cl. The van der Waals surface area contributed by atoms with Crippen molar-refractivity contribution < 1.29 is 4.74 Å². The number of hydrogen-bond acceptors (Lipinski definition) is 2. The number of methoxy groups -OCH3 is 1. The van der Waals surface area contributed by atoms with Gasteiger partial charge in [0.1, 0.15) is 0 Å². The highest BCUT2D eigenvalue weighted by Gasteiger charge is 2.25. The van der Waals surface area contributed by atoms with Crippen LogP contribution >= 0.6 is 27.5 Å². The topological polar surface area (TPSA) is 21.3 Å². The fraction of sp³-hybridized carbons (Fsp3) is 0.538. The minimum atomic E-state index is 0.295. The second kappa shape index (κ2) is 6.07. The Kier molecular flexibility index (Phi) is 4.71. The van der Waals surface area contributed by atoms with Gasteiger partial charge in [-0.05, 0) is 31.0 Å². The molecule has 0 heterocycles. The van der Waals surface area contributed by atoms with Gasteiger partial charge in [-0.3, -0.25) is 0 Å². The van der Waals surface area contributed by atoms with Gasteiger partial charge in [0, 0.05) is 11.6 Å². The molecule has 2 nitrogen and oxygen atoms in total. The lowest BCUT2D eigenvalue weighted by molar-refractivity contribution is 0.0606. The second-order valence-electron chi connectivity index (χ2n) is 4.43. The normalized spacial score (nSPS) is 24.6. The van der Waals surface area contributed by atoms with Gasteiger partial charge in [-0.2, -0.15) is 0 Å². The van der Waals surface area contributed by atoms with Crippen LogP contribution in [0.2, 0.25) is 5.02 Å². The average Bonchev–Trinajstić information content (AvgIpc) is 2.33. The van der Waals surface area contributed by atoms with Crippen molar-refractivity contribution in [2.45, 2.75) is 37.8 Å². The Morgan fingerprint density at radius 1 is 1.35 bits per heavy atom. The molecular weight excluding hydrogens is 302 g/mol. The largest absolute Gasteiger partial charge is 0.379 e. The summed E-state index contributed by atoms with van der Waals surface area (Å²) in [6.45, 7) is 0. The predicted octanol–water partition coefficient (Wildman–Crippen LogP) is 4.47. The number of rotatable bonds is 3. The van der Waals surface area contributed by atoms with Crippen LogP contribution in [0.3, 0.4) is 0 Å². The molecule has 1 aliphatic carbocycles. The highest BCUT2D eigenvalue weighted by molar-refractivity contribution is 9.10. The lowest BCUT2D eigenvalue weighted by Crippen LogP contribution is -2.37. The van der Waals surface area contributed by atoms with Crippen molar-refractivity contribution in [2.24, 2.45) is 0 Å². The predicted molar refractivity (Wildman–Crippen MR) is 75.8 cm³/mol. The van der Waals surface area contributed by atoms with Gasteiger partial charge in [0.15, 0.2) is 0 Å². The Morgan fingerprint density at radius 2 is 2.12 bits per heavy atom. The van der Waals surface area contributed by atoms with Crippen molar-refractivity contribution >= 4 is 33.2 Å². The van der Waals surface area contributed by atoms with E-state index < -0.39 is 0 Å². The summed E-state index contributed by atoms with van der Waals surface area (Å²) < 4.78 is 6.52. The van der Waals surface area contributed by atoms with E-state index in [2.05, 4.69) is 21.2 Å². The van der Waals surface area contributed by atoms with Gasteiger partial charge >= 0.3 is 0 Å². The third-order valence-corrected chi connectivity index (χ3v) is 4.08. The van der Waals surface area contributed by atoms with E-state index in [1.165, 1.54) is 12.8 Å². The second-order valence-corrected chi connectivity index (χ2v) is 5.76. The zero-order valence-corrected chi connectivity index (χ0v) is 12.2. The zero-order valence-electron chi connectivity index (χ0n) is 9.88. The molecule has 0 saturated heterocycles. The molecule has 0 amide bonds. The third kappa shape index (κ3) is 3.36. The van der Waals surface area contributed by atoms with Crippen molar-refractivity contribution in [3.05, 3.63) is 27.7 Å². The summed E-state index contributed by atoms with van der Waals surface area (Å²) in [7, 11) is 1.79. The van der Waals surface area contributed by atoms with E-state index in [0.29, 0.717) is 12.1 Å². The van der Waals surface area contributed by atoms with Gasteiger partial charge in [0.05, 0.1) is 22.9 Å². The maximum Gasteiger partial charge on any atom is 0.0772 e. The fourth-order valence-electron chi connectivity index (χ4n) is 2.35. The molecule has 2 atom stereocenters. The summed E-state index contributed by atoms with van der Waals surface area (Å²) in [6, 6.07) is 6.29. The molecule has 0 radical (unpaired) electrons. The minimum absolute atomic E-state index is 0.295. The first kappa shape index (κ1) is 13.2. The first-order valence-corrected chi connectivity index (χ1v) is 7.12. The van der Waals surface area contributed by atoms with Crippen LogP contribution in [0.1, 0.15) is 25.7 Å². The number of benzene rings is 1. The summed E-state index contributed by atoms with van der Waals surface area (Å²) in [5.74, 6) is 0. The van der Waals surface area contributed by atoms with Gasteiger partial charge in [-0.15, -0.1) is 0 Å². The van der Waals surface area contributed by atoms with Crippen molar-refractivity contribution in [1.29, 1.82) is 0 Å². The summed E-state index contributed by atoms with van der Waals surface area (Å²) >= 11 is 9.62. The maximum absolute atomic E-state index is 6.21. The van der Waals surface area contributed by atoms with Crippen LogP contribution in [0.25, 0.3) is 0 Å². The van der Waals surface area contributed by atoms with E-state index in [4.69, 9.17) is 16.3 Å². The first-order valence-electron chi connectivity index (χ1n) is 5.95.